The Balaban J connectivity index is 1.75. The van der Waals surface area contributed by atoms with Gasteiger partial charge in [0, 0.05) is 12.2 Å². The fraction of sp³-hybridized carbons (Fsp3) is 0.391. The van der Waals surface area contributed by atoms with E-state index >= 15 is 0 Å². The molecule has 0 radical (unpaired) electrons. The molecule has 160 valence electrons. The van der Waals surface area contributed by atoms with Gasteiger partial charge < -0.3 is 19.7 Å². The van der Waals surface area contributed by atoms with Crippen LogP contribution in [0.3, 0.4) is 0 Å². The molecule has 6 nitrogen and oxygen atoms in total. The first-order valence-electron chi connectivity index (χ1n) is 9.93. The van der Waals surface area contributed by atoms with Crippen molar-refractivity contribution in [2.24, 2.45) is 11.3 Å². The van der Waals surface area contributed by atoms with E-state index in [2.05, 4.69) is 5.32 Å². The van der Waals surface area contributed by atoms with Crippen LogP contribution >= 0.6 is 0 Å². The summed E-state index contributed by atoms with van der Waals surface area (Å²) >= 11 is 0. The van der Waals surface area contributed by atoms with Gasteiger partial charge in [-0.05, 0) is 62.2 Å². The number of carbonyl (C=O) groups is 2. The summed E-state index contributed by atoms with van der Waals surface area (Å²) in [5, 5.41) is 2.77. The summed E-state index contributed by atoms with van der Waals surface area (Å²) in [5.41, 5.74) is 0.517. The molecule has 0 saturated carbocycles. The van der Waals surface area contributed by atoms with Crippen molar-refractivity contribution in [3.63, 3.8) is 0 Å². The van der Waals surface area contributed by atoms with Crippen LogP contribution in [0.15, 0.2) is 42.5 Å². The van der Waals surface area contributed by atoms with Crippen LogP contribution in [0.4, 0.5) is 15.8 Å². The van der Waals surface area contributed by atoms with E-state index in [-0.39, 0.29) is 36.8 Å². The minimum absolute atomic E-state index is 0.0157. The number of fused-ring (bicyclic) bond motifs is 1. The Morgan fingerprint density at radius 3 is 2.60 bits per heavy atom. The lowest BCUT2D eigenvalue weighted by Crippen LogP contribution is -2.43. The van der Waals surface area contributed by atoms with Gasteiger partial charge in [-0.15, -0.1) is 0 Å². The predicted octanol–water partition coefficient (Wildman–Crippen LogP) is 4.25. The molecule has 0 spiro atoms. The number of halogens is 1. The van der Waals surface area contributed by atoms with Crippen molar-refractivity contribution >= 4 is 23.2 Å². The Morgan fingerprint density at radius 2 is 1.93 bits per heavy atom. The van der Waals surface area contributed by atoms with E-state index in [1.165, 1.54) is 24.3 Å². The minimum atomic E-state index is -0.652. The molecule has 1 heterocycles. The number of hydrogen-bond acceptors (Lipinski definition) is 4. The summed E-state index contributed by atoms with van der Waals surface area (Å²) in [6, 6.07) is 10.7. The molecule has 0 saturated heterocycles. The highest BCUT2D eigenvalue weighted by atomic mass is 19.1. The molecule has 2 aromatic carbocycles. The molecule has 1 aliphatic heterocycles. The summed E-state index contributed by atoms with van der Waals surface area (Å²) in [7, 11) is 0. The SMILES string of the molecule is CC(C)CN1C(=O)C(C)(C)COc2ccc(NC(=O)COc3ccc(F)cc3)cc21. The van der Waals surface area contributed by atoms with Crippen molar-refractivity contribution < 1.29 is 23.5 Å². The zero-order valence-corrected chi connectivity index (χ0v) is 17.7. The number of nitrogens with zero attached hydrogens (tertiary/aromatic N) is 1. The van der Waals surface area contributed by atoms with Crippen molar-refractivity contribution in [2.45, 2.75) is 27.7 Å². The van der Waals surface area contributed by atoms with Gasteiger partial charge in [0.15, 0.2) is 6.61 Å². The van der Waals surface area contributed by atoms with Crippen LogP contribution < -0.4 is 19.7 Å². The topological polar surface area (TPSA) is 67.9 Å². The second kappa shape index (κ2) is 8.73. The zero-order chi connectivity index (χ0) is 21.9. The standard InChI is InChI=1S/C23H27FN2O4/c1-15(2)12-26-19-11-17(7-10-20(19)30-14-23(3,4)22(26)28)25-21(27)13-29-18-8-5-16(24)6-9-18/h5-11,15H,12-14H2,1-4H3,(H,25,27). The minimum Gasteiger partial charge on any atom is -0.490 e. The van der Waals surface area contributed by atoms with E-state index in [0.29, 0.717) is 29.4 Å². The molecular weight excluding hydrogens is 387 g/mol. The van der Waals surface area contributed by atoms with Crippen molar-refractivity contribution in [3.8, 4) is 11.5 Å². The third-order valence-corrected chi connectivity index (χ3v) is 4.68. The van der Waals surface area contributed by atoms with Gasteiger partial charge >= 0.3 is 0 Å². The van der Waals surface area contributed by atoms with Crippen molar-refractivity contribution in [1.29, 1.82) is 0 Å². The van der Waals surface area contributed by atoms with Crippen molar-refractivity contribution in [2.75, 3.05) is 30.0 Å². The molecule has 1 N–H and O–H groups in total. The quantitative estimate of drug-likeness (QED) is 0.767. The molecule has 2 amide bonds. The zero-order valence-electron chi connectivity index (χ0n) is 17.7. The lowest BCUT2D eigenvalue weighted by molar-refractivity contribution is -0.127. The summed E-state index contributed by atoms with van der Waals surface area (Å²) in [4.78, 5) is 27.1. The maximum absolute atomic E-state index is 13.1. The van der Waals surface area contributed by atoms with E-state index in [1.807, 2.05) is 27.7 Å². The van der Waals surface area contributed by atoms with Crippen LogP contribution in [-0.4, -0.2) is 31.6 Å². The third kappa shape index (κ3) is 5.09. The van der Waals surface area contributed by atoms with Crippen LogP contribution in [0.1, 0.15) is 27.7 Å². The highest BCUT2D eigenvalue weighted by molar-refractivity contribution is 6.00. The Kier molecular flexibility index (Phi) is 6.29. The second-order valence-corrected chi connectivity index (χ2v) is 8.46. The van der Waals surface area contributed by atoms with Gasteiger partial charge in [-0.25, -0.2) is 4.39 Å². The average Bonchev–Trinajstić information content (AvgIpc) is 2.78. The Morgan fingerprint density at radius 1 is 1.23 bits per heavy atom. The predicted molar refractivity (Wildman–Crippen MR) is 113 cm³/mol. The first-order chi connectivity index (χ1) is 14.2. The van der Waals surface area contributed by atoms with Gasteiger partial charge in [-0.1, -0.05) is 13.8 Å². The second-order valence-electron chi connectivity index (χ2n) is 8.46. The molecular formula is C23H27FN2O4. The van der Waals surface area contributed by atoms with Crippen LogP contribution in [0, 0.1) is 17.2 Å². The smallest absolute Gasteiger partial charge is 0.262 e. The molecule has 0 aliphatic carbocycles. The Labute approximate surface area is 176 Å². The molecule has 1 aliphatic rings. The number of nitrogens with one attached hydrogen (secondary N) is 1. The summed E-state index contributed by atoms with van der Waals surface area (Å²) in [5.74, 6) is 0.516. The highest BCUT2D eigenvalue weighted by Gasteiger charge is 2.38. The van der Waals surface area contributed by atoms with Gasteiger partial charge in [0.1, 0.15) is 23.9 Å². The van der Waals surface area contributed by atoms with Crippen molar-refractivity contribution in [3.05, 3.63) is 48.3 Å². The van der Waals surface area contributed by atoms with Crippen molar-refractivity contribution in [1.82, 2.24) is 0 Å². The van der Waals surface area contributed by atoms with Crippen LogP contribution in [0.5, 0.6) is 11.5 Å². The third-order valence-electron chi connectivity index (χ3n) is 4.68. The first-order valence-corrected chi connectivity index (χ1v) is 9.93. The monoisotopic (exact) mass is 414 g/mol. The summed E-state index contributed by atoms with van der Waals surface area (Å²) in [6.07, 6.45) is 0. The largest absolute Gasteiger partial charge is 0.490 e. The molecule has 0 atom stereocenters. The van der Waals surface area contributed by atoms with Crippen LogP contribution in [-0.2, 0) is 9.59 Å². The normalized spacial score (nSPS) is 15.3. The molecule has 30 heavy (non-hydrogen) atoms. The molecule has 0 fully saturated rings. The average molecular weight is 414 g/mol. The van der Waals surface area contributed by atoms with Gasteiger partial charge in [-0.3, -0.25) is 9.59 Å². The number of amides is 2. The number of rotatable bonds is 6. The van der Waals surface area contributed by atoms with Crippen LogP contribution in [0.2, 0.25) is 0 Å². The molecule has 0 unspecified atom stereocenters. The fourth-order valence-electron chi connectivity index (χ4n) is 3.15. The van der Waals surface area contributed by atoms with E-state index < -0.39 is 5.41 Å². The van der Waals surface area contributed by atoms with E-state index in [4.69, 9.17) is 9.47 Å². The number of benzene rings is 2. The van der Waals surface area contributed by atoms with Gasteiger partial charge in [0.25, 0.3) is 5.91 Å². The van der Waals surface area contributed by atoms with Gasteiger partial charge in [-0.2, -0.15) is 0 Å². The molecule has 7 heteroatoms. The van der Waals surface area contributed by atoms with Gasteiger partial charge in [0.2, 0.25) is 5.91 Å². The first kappa shape index (κ1) is 21.6. The maximum atomic E-state index is 13.1. The maximum Gasteiger partial charge on any atom is 0.262 e. The lowest BCUT2D eigenvalue weighted by Gasteiger charge is -2.29. The molecule has 0 bridgehead atoms. The van der Waals surface area contributed by atoms with Gasteiger partial charge in [0.05, 0.1) is 11.1 Å². The highest BCUT2D eigenvalue weighted by Crippen LogP contribution is 2.38. The number of carbonyl (C=O) groups excluding carboxylic acids is 2. The number of anilines is 2. The summed E-state index contributed by atoms with van der Waals surface area (Å²) in [6.45, 7) is 8.43. The number of ether oxygens (including phenoxy) is 2. The summed E-state index contributed by atoms with van der Waals surface area (Å²) < 4.78 is 24.2. The van der Waals surface area contributed by atoms with E-state index in [9.17, 15) is 14.0 Å². The van der Waals surface area contributed by atoms with E-state index in [1.54, 1.807) is 23.1 Å². The number of hydrogen-bond donors (Lipinski definition) is 1. The van der Waals surface area contributed by atoms with E-state index in [0.717, 1.165) is 0 Å². The molecule has 2 aromatic rings. The molecule has 3 rings (SSSR count). The fourth-order valence-corrected chi connectivity index (χ4v) is 3.15. The Bertz CT molecular complexity index is 925. The van der Waals surface area contributed by atoms with Crippen LogP contribution in [0.25, 0.3) is 0 Å². The molecule has 0 aromatic heterocycles. The lowest BCUT2D eigenvalue weighted by atomic mass is 9.92. The Hall–Kier alpha value is -3.09.